The molecular formula is C26H19ClN4O4S2. The number of Topliss-reactive ketones (excluding diaryl/α,β-unsaturated/α-hetero) is 1. The molecule has 5 rings (SSSR count). The van der Waals surface area contributed by atoms with Crippen molar-refractivity contribution in [3.63, 3.8) is 0 Å². The fraction of sp³-hybridized carbons (Fsp3) is 0.115. The summed E-state index contributed by atoms with van der Waals surface area (Å²) in [7, 11) is 1.53. The molecule has 1 fully saturated rings. The first kappa shape index (κ1) is 24.9. The van der Waals surface area contributed by atoms with Crippen LogP contribution in [0, 0.1) is 0 Å². The molecule has 0 radical (unpaired) electrons. The highest BCUT2D eigenvalue weighted by molar-refractivity contribution is 8.00. The molecule has 0 unspecified atom stereocenters. The Labute approximate surface area is 225 Å². The second-order valence-corrected chi connectivity index (χ2v) is 10.5. The molecule has 4 aromatic rings. The number of pyridine rings is 1. The van der Waals surface area contributed by atoms with Crippen LogP contribution in [0.5, 0.6) is 5.75 Å². The number of hydrogen-bond acceptors (Lipinski definition) is 9. The Morgan fingerprint density at radius 2 is 1.81 bits per heavy atom. The van der Waals surface area contributed by atoms with Gasteiger partial charge in [-0.3, -0.25) is 19.5 Å². The predicted octanol–water partition coefficient (Wildman–Crippen LogP) is 5.51. The molecule has 1 aliphatic heterocycles. The van der Waals surface area contributed by atoms with Gasteiger partial charge in [0.15, 0.2) is 4.34 Å². The number of ether oxygens (including phenoxy) is 1. The zero-order valence-electron chi connectivity index (χ0n) is 19.4. The van der Waals surface area contributed by atoms with Crippen LogP contribution in [-0.4, -0.2) is 39.1 Å². The van der Waals surface area contributed by atoms with Crippen LogP contribution in [0.25, 0.3) is 5.76 Å². The van der Waals surface area contributed by atoms with Crippen LogP contribution >= 0.6 is 34.7 Å². The van der Waals surface area contributed by atoms with Gasteiger partial charge in [0.05, 0.1) is 18.7 Å². The van der Waals surface area contributed by atoms with Gasteiger partial charge in [-0.1, -0.05) is 52.9 Å². The lowest BCUT2D eigenvalue weighted by molar-refractivity contribution is -0.132. The van der Waals surface area contributed by atoms with E-state index in [2.05, 4.69) is 15.2 Å². The van der Waals surface area contributed by atoms with Gasteiger partial charge in [-0.2, -0.15) is 0 Å². The summed E-state index contributed by atoms with van der Waals surface area (Å²) in [5, 5.41) is 20.5. The highest BCUT2D eigenvalue weighted by Gasteiger charge is 2.48. The molecule has 186 valence electrons. The maximum absolute atomic E-state index is 13.3. The molecule has 2 aromatic carbocycles. The second kappa shape index (κ2) is 10.7. The first-order valence-corrected chi connectivity index (χ1v) is 13.2. The third kappa shape index (κ3) is 4.95. The Morgan fingerprint density at radius 1 is 1.08 bits per heavy atom. The highest BCUT2D eigenvalue weighted by atomic mass is 35.5. The summed E-state index contributed by atoms with van der Waals surface area (Å²) in [6.07, 6.45) is 3.13. The van der Waals surface area contributed by atoms with Crippen molar-refractivity contribution in [2.24, 2.45) is 0 Å². The summed E-state index contributed by atoms with van der Waals surface area (Å²) in [5.41, 5.74) is 1.89. The molecule has 1 N–H and O–H groups in total. The van der Waals surface area contributed by atoms with Crippen molar-refractivity contribution in [2.75, 3.05) is 12.0 Å². The predicted molar refractivity (Wildman–Crippen MR) is 143 cm³/mol. The number of thioether (sulfide) groups is 1. The SMILES string of the molecule is COc1ccc(C(O)=C2C(=O)C(=O)N(c3nnc(SCc4ccccc4Cl)s3)[C@H]2c2ccncc2)cc1. The summed E-state index contributed by atoms with van der Waals surface area (Å²) in [5.74, 6) is -0.731. The smallest absolute Gasteiger partial charge is 0.301 e. The maximum atomic E-state index is 13.3. The molecule has 37 heavy (non-hydrogen) atoms. The van der Waals surface area contributed by atoms with E-state index in [4.69, 9.17) is 16.3 Å². The number of benzene rings is 2. The first-order chi connectivity index (χ1) is 18.0. The van der Waals surface area contributed by atoms with Crippen LogP contribution in [0.3, 0.4) is 0 Å². The lowest BCUT2D eigenvalue weighted by Gasteiger charge is -2.22. The number of carbonyl (C=O) groups excluding carboxylic acids is 2. The van der Waals surface area contributed by atoms with Crippen LogP contribution in [0.15, 0.2) is 83.0 Å². The lowest BCUT2D eigenvalue weighted by Crippen LogP contribution is -2.29. The van der Waals surface area contributed by atoms with Crippen molar-refractivity contribution in [1.82, 2.24) is 15.2 Å². The first-order valence-electron chi connectivity index (χ1n) is 11.0. The average Bonchev–Trinajstić information content (AvgIpc) is 3.50. The van der Waals surface area contributed by atoms with Crippen molar-refractivity contribution in [2.45, 2.75) is 16.1 Å². The molecule has 1 atom stereocenters. The van der Waals surface area contributed by atoms with Crippen molar-refractivity contribution < 1.29 is 19.4 Å². The van der Waals surface area contributed by atoms with Gasteiger partial charge in [-0.15, -0.1) is 10.2 Å². The number of aromatic nitrogens is 3. The van der Waals surface area contributed by atoms with Gasteiger partial charge in [0.2, 0.25) is 5.13 Å². The molecule has 11 heteroatoms. The van der Waals surface area contributed by atoms with Crippen LogP contribution in [0.1, 0.15) is 22.7 Å². The Kier molecular flexibility index (Phi) is 7.22. The summed E-state index contributed by atoms with van der Waals surface area (Å²) in [4.78, 5) is 31.9. The lowest BCUT2D eigenvalue weighted by atomic mass is 9.96. The molecule has 1 saturated heterocycles. The van der Waals surface area contributed by atoms with Crippen molar-refractivity contribution in [1.29, 1.82) is 0 Å². The molecule has 1 amide bonds. The van der Waals surface area contributed by atoms with E-state index in [1.807, 2.05) is 24.3 Å². The fourth-order valence-corrected chi connectivity index (χ4v) is 6.06. The largest absolute Gasteiger partial charge is 0.507 e. The molecular weight excluding hydrogens is 532 g/mol. The molecule has 2 aromatic heterocycles. The van der Waals surface area contributed by atoms with E-state index < -0.39 is 17.7 Å². The number of rotatable bonds is 7. The van der Waals surface area contributed by atoms with E-state index in [1.165, 1.54) is 35.1 Å². The van der Waals surface area contributed by atoms with Gasteiger partial charge in [0, 0.05) is 28.7 Å². The van der Waals surface area contributed by atoms with Crippen LogP contribution in [0.4, 0.5) is 5.13 Å². The quantitative estimate of drug-likeness (QED) is 0.105. The normalized spacial score (nSPS) is 16.8. The number of halogens is 1. The van der Waals surface area contributed by atoms with Gasteiger partial charge >= 0.3 is 5.91 Å². The molecule has 0 saturated carbocycles. The monoisotopic (exact) mass is 550 g/mol. The maximum Gasteiger partial charge on any atom is 0.301 e. The standard InChI is InChI=1S/C26H19ClN4O4S2/c1-35-18-8-6-16(7-9-18)22(32)20-21(15-10-12-28-13-11-15)31(24(34)23(20)33)25-29-30-26(37-25)36-14-17-4-2-3-5-19(17)27/h2-13,21,32H,14H2,1H3/t21-/m0/s1. The van der Waals surface area contributed by atoms with Gasteiger partial charge in [-0.05, 0) is 53.6 Å². The number of amides is 1. The summed E-state index contributed by atoms with van der Waals surface area (Å²) in [6, 6.07) is 16.6. The van der Waals surface area contributed by atoms with Crippen LogP contribution in [-0.2, 0) is 15.3 Å². The number of anilines is 1. The number of nitrogens with zero attached hydrogens (tertiary/aromatic N) is 4. The molecule has 0 aliphatic carbocycles. The van der Waals surface area contributed by atoms with Crippen molar-refractivity contribution >= 4 is 57.3 Å². The number of hydrogen-bond donors (Lipinski definition) is 1. The van der Waals surface area contributed by atoms with Gasteiger partial charge in [0.25, 0.3) is 5.78 Å². The van der Waals surface area contributed by atoms with Crippen LogP contribution in [0.2, 0.25) is 5.02 Å². The number of ketones is 1. The average molecular weight is 551 g/mol. The fourth-order valence-electron chi connectivity index (χ4n) is 3.91. The summed E-state index contributed by atoms with van der Waals surface area (Å²) >= 11 is 8.87. The van der Waals surface area contributed by atoms with Gasteiger partial charge in [0.1, 0.15) is 11.5 Å². The number of aliphatic hydroxyl groups is 1. The zero-order valence-corrected chi connectivity index (χ0v) is 21.8. The van der Waals surface area contributed by atoms with E-state index in [9.17, 15) is 14.7 Å². The van der Waals surface area contributed by atoms with E-state index in [1.54, 1.807) is 48.8 Å². The van der Waals surface area contributed by atoms with Crippen molar-refractivity contribution in [3.05, 3.63) is 100 Å². The topological polar surface area (TPSA) is 106 Å². The molecule has 0 spiro atoms. The van der Waals surface area contributed by atoms with E-state index in [-0.39, 0.29) is 16.5 Å². The minimum Gasteiger partial charge on any atom is -0.507 e. The second-order valence-electron chi connectivity index (χ2n) is 7.91. The molecule has 3 heterocycles. The molecule has 8 nitrogen and oxygen atoms in total. The third-order valence-electron chi connectivity index (χ3n) is 5.74. The Hall–Kier alpha value is -3.73. The Bertz CT molecular complexity index is 1490. The molecule has 1 aliphatic rings. The van der Waals surface area contributed by atoms with E-state index in [0.717, 1.165) is 5.56 Å². The minimum atomic E-state index is -0.903. The Morgan fingerprint density at radius 3 is 2.51 bits per heavy atom. The molecule has 0 bridgehead atoms. The highest BCUT2D eigenvalue weighted by Crippen LogP contribution is 2.44. The number of aliphatic hydroxyl groups excluding tert-OH is 1. The zero-order chi connectivity index (χ0) is 25.9. The summed E-state index contributed by atoms with van der Waals surface area (Å²) < 4.78 is 5.79. The van der Waals surface area contributed by atoms with E-state index in [0.29, 0.717) is 32.0 Å². The van der Waals surface area contributed by atoms with Crippen molar-refractivity contribution in [3.8, 4) is 5.75 Å². The number of methoxy groups -OCH3 is 1. The number of carbonyl (C=O) groups is 2. The third-order valence-corrected chi connectivity index (χ3v) is 8.21. The summed E-state index contributed by atoms with van der Waals surface area (Å²) in [6.45, 7) is 0. The Balaban J connectivity index is 1.52. The van der Waals surface area contributed by atoms with Crippen LogP contribution < -0.4 is 9.64 Å². The van der Waals surface area contributed by atoms with Gasteiger partial charge in [-0.25, -0.2) is 0 Å². The van der Waals surface area contributed by atoms with Gasteiger partial charge < -0.3 is 9.84 Å². The van der Waals surface area contributed by atoms with E-state index >= 15 is 0 Å². The minimum absolute atomic E-state index is 0.0400.